The maximum atomic E-state index is 14.6. The van der Waals surface area contributed by atoms with Gasteiger partial charge >= 0.3 is 0 Å². The maximum Gasteiger partial charge on any atom is 0.272 e. The van der Waals surface area contributed by atoms with Crippen LogP contribution < -0.4 is 10.5 Å². The minimum absolute atomic E-state index is 0.0890. The van der Waals surface area contributed by atoms with Gasteiger partial charge < -0.3 is 4.90 Å². The topological polar surface area (TPSA) is 116 Å². The van der Waals surface area contributed by atoms with E-state index in [0.29, 0.717) is 15.4 Å². The van der Waals surface area contributed by atoms with E-state index < -0.39 is 68.1 Å². The van der Waals surface area contributed by atoms with E-state index in [4.69, 9.17) is 4.98 Å². The lowest BCUT2D eigenvalue weighted by Crippen LogP contribution is -2.59. The number of hydrogen-bond acceptors (Lipinski definition) is 6. The van der Waals surface area contributed by atoms with Crippen molar-refractivity contribution in [3.05, 3.63) is 93.4 Å². The zero-order valence-corrected chi connectivity index (χ0v) is 24.4. The third kappa shape index (κ3) is 5.47. The van der Waals surface area contributed by atoms with Gasteiger partial charge in [0.05, 0.1) is 23.8 Å². The third-order valence-electron chi connectivity index (χ3n) is 8.39. The van der Waals surface area contributed by atoms with Crippen molar-refractivity contribution in [2.24, 2.45) is 0 Å². The maximum absolute atomic E-state index is 14.6. The van der Waals surface area contributed by atoms with E-state index in [2.05, 4.69) is 10.2 Å². The van der Waals surface area contributed by atoms with Crippen LogP contribution in [0.1, 0.15) is 55.8 Å². The summed E-state index contributed by atoms with van der Waals surface area (Å²) in [4.78, 5) is 30.3. The molecule has 1 N–H and O–H groups in total. The number of halogens is 5. The van der Waals surface area contributed by atoms with Gasteiger partial charge in [0, 0.05) is 29.2 Å². The predicted octanol–water partition coefficient (Wildman–Crippen LogP) is 5.06. The molecule has 0 spiro atoms. The third-order valence-corrected chi connectivity index (χ3v) is 10.3. The molecule has 1 aliphatic carbocycles. The Labute approximate surface area is 253 Å². The Morgan fingerprint density at radius 2 is 1.62 bits per heavy atom. The van der Waals surface area contributed by atoms with Crippen molar-refractivity contribution in [2.75, 3.05) is 11.4 Å². The second kappa shape index (κ2) is 11.9. The summed E-state index contributed by atoms with van der Waals surface area (Å²) in [7, 11) is -5.35. The van der Waals surface area contributed by atoms with Crippen LogP contribution in [-0.2, 0) is 21.4 Å². The van der Waals surface area contributed by atoms with Gasteiger partial charge in [0.15, 0.2) is 28.2 Å². The number of amides is 1. The lowest BCUT2D eigenvalue weighted by molar-refractivity contribution is -0.125. The molecule has 1 amide bonds. The van der Waals surface area contributed by atoms with Crippen LogP contribution in [0.2, 0.25) is 0 Å². The number of anilines is 1. The number of carbonyl (C=O) groups excluding carboxylic acids is 1. The molecule has 2 aromatic carbocycles. The highest BCUT2D eigenvalue weighted by atomic mass is 32.2. The van der Waals surface area contributed by atoms with Gasteiger partial charge in [-0.3, -0.25) is 14.6 Å². The number of nitrogens with zero attached hydrogens (tertiary/aromatic N) is 4. The summed E-state index contributed by atoms with van der Waals surface area (Å²) in [5.41, 5.74) is 1.10. The van der Waals surface area contributed by atoms with Gasteiger partial charge in [0.25, 0.3) is 5.56 Å². The average molecular weight is 648 g/mol. The molecule has 1 saturated carbocycles. The molecule has 15 heteroatoms. The van der Waals surface area contributed by atoms with Crippen LogP contribution in [0, 0.1) is 29.1 Å². The Kier molecular flexibility index (Phi) is 8.16. The molecule has 4 aromatic rings. The second-order valence-corrected chi connectivity index (χ2v) is 12.9. The molecule has 236 valence electrons. The lowest BCUT2D eigenvalue weighted by Gasteiger charge is -2.41. The molecule has 1 aliphatic heterocycles. The molecule has 1 atom stereocenters. The highest BCUT2D eigenvalue weighted by Crippen LogP contribution is 2.36. The van der Waals surface area contributed by atoms with Gasteiger partial charge in [-0.15, -0.1) is 0 Å². The lowest BCUT2D eigenvalue weighted by atomic mass is 9.86. The van der Waals surface area contributed by atoms with Crippen molar-refractivity contribution >= 4 is 32.4 Å². The molecule has 6 rings (SSSR count). The fourth-order valence-electron chi connectivity index (χ4n) is 5.93. The molecule has 2 fully saturated rings. The minimum atomic E-state index is -5.35. The molecule has 0 radical (unpaired) electrons. The molecule has 1 saturated heterocycles. The number of pyridine rings is 1. The minimum Gasteiger partial charge on any atom is -0.305 e. The number of H-pyrrole nitrogens is 1. The van der Waals surface area contributed by atoms with Crippen LogP contribution in [0.25, 0.3) is 10.8 Å². The molecule has 2 aromatic heterocycles. The Balaban J connectivity index is 1.38. The molecular formula is C30H26F5N5O4S. The van der Waals surface area contributed by atoms with E-state index in [0.717, 1.165) is 37.8 Å². The summed E-state index contributed by atoms with van der Waals surface area (Å²) >= 11 is 0. The predicted molar refractivity (Wildman–Crippen MR) is 152 cm³/mol. The van der Waals surface area contributed by atoms with Crippen LogP contribution in [0.4, 0.5) is 27.6 Å². The van der Waals surface area contributed by atoms with Gasteiger partial charge in [0.2, 0.25) is 21.7 Å². The van der Waals surface area contributed by atoms with Crippen LogP contribution in [-0.4, -0.2) is 46.4 Å². The number of aromatic nitrogens is 3. The molecule has 0 bridgehead atoms. The van der Waals surface area contributed by atoms with Crippen LogP contribution in [0.5, 0.6) is 0 Å². The van der Waals surface area contributed by atoms with E-state index >= 15 is 0 Å². The van der Waals surface area contributed by atoms with Crippen molar-refractivity contribution in [3.8, 4) is 0 Å². The van der Waals surface area contributed by atoms with Crippen LogP contribution >= 0.6 is 0 Å². The van der Waals surface area contributed by atoms with Gasteiger partial charge in [-0.25, -0.2) is 35.5 Å². The standard InChI is InChI=1S/C30H26F5N5O4S/c31-23-24(32)26(34)28(27(35)25(23)33)45(43,44)40-12-11-22(40)30(42)39(19-9-10-20-17(13-19)14-36-38-29(20)41)15-18-7-4-8-21(37-18)16-5-2-1-3-6-16/h4,7-10,13-14,16,22H,1-3,5-6,11-12,15H2,(H,38,41). The van der Waals surface area contributed by atoms with Crippen molar-refractivity contribution in [1.29, 1.82) is 0 Å². The number of sulfonamides is 1. The number of benzene rings is 2. The number of nitrogens with one attached hydrogen (secondary N) is 1. The Bertz CT molecular complexity index is 1950. The first kappa shape index (κ1) is 30.8. The highest BCUT2D eigenvalue weighted by molar-refractivity contribution is 7.89. The quantitative estimate of drug-likeness (QED) is 0.170. The molecular weight excluding hydrogens is 621 g/mol. The molecule has 45 heavy (non-hydrogen) atoms. The van der Waals surface area contributed by atoms with Gasteiger partial charge in [-0.05, 0) is 49.6 Å². The largest absolute Gasteiger partial charge is 0.305 e. The number of fused-ring (bicyclic) bond motifs is 1. The van der Waals surface area contributed by atoms with E-state index in [9.17, 15) is 40.0 Å². The summed E-state index contributed by atoms with van der Waals surface area (Å²) in [5, 5.41) is 6.74. The zero-order chi connectivity index (χ0) is 32.0. The molecule has 1 unspecified atom stereocenters. The fraction of sp³-hybridized carbons (Fsp3) is 0.333. The monoisotopic (exact) mass is 647 g/mol. The van der Waals surface area contributed by atoms with Gasteiger partial charge in [0.1, 0.15) is 6.04 Å². The van der Waals surface area contributed by atoms with E-state index in [1.165, 1.54) is 29.3 Å². The van der Waals surface area contributed by atoms with Crippen molar-refractivity contribution in [3.63, 3.8) is 0 Å². The number of aromatic amines is 1. The van der Waals surface area contributed by atoms with Crippen molar-refractivity contribution in [1.82, 2.24) is 19.5 Å². The number of rotatable bonds is 7. The highest BCUT2D eigenvalue weighted by Gasteiger charge is 2.48. The van der Waals surface area contributed by atoms with E-state index in [1.807, 2.05) is 12.1 Å². The van der Waals surface area contributed by atoms with E-state index in [-0.39, 0.29) is 30.0 Å². The molecule has 3 heterocycles. The Morgan fingerprint density at radius 3 is 2.29 bits per heavy atom. The fourth-order valence-corrected chi connectivity index (χ4v) is 7.67. The number of hydrogen-bond donors (Lipinski definition) is 1. The summed E-state index contributed by atoms with van der Waals surface area (Å²) in [6.45, 7) is -0.549. The summed E-state index contributed by atoms with van der Waals surface area (Å²) < 4.78 is 97.7. The van der Waals surface area contributed by atoms with Gasteiger partial charge in [-0.2, -0.15) is 9.40 Å². The molecule has 9 nitrogen and oxygen atoms in total. The number of carbonyl (C=O) groups is 1. The van der Waals surface area contributed by atoms with Crippen molar-refractivity contribution in [2.45, 2.75) is 61.9 Å². The van der Waals surface area contributed by atoms with Gasteiger partial charge in [-0.1, -0.05) is 25.3 Å². The zero-order valence-electron chi connectivity index (χ0n) is 23.6. The Morgan fingerprint density at radius 1 is 0.933 bits per heavy atom. The first-order valence-corrected chi connectivity index (χ1v) is 15.7. The van der Waals surface area contributed by atoms with Crippen LogP contribution in [0.15, 0.2) is 52.3 Å². The van der Waals surface area contributed by atoms with Crippen LogP contribution in [0.3, 0.4) is 0 Å². The van der Waals surface area contributed by atoms with E-state index in [1.54, 1.807) is 6.07 Å². The average Bonchev–Trinajstić information content (AvgIpc) is 3.01. The summed E-state index contributed by atoms with van der Waals surface area (Å²) in [5.74, 6) is -12.9. The Hall–Kier alpha value is -4.24. The first-order valence-electron chi connectivity index (χ1n) is 14.3. The molecule has 2 aliphatic rings. The second-order valence-electron chi connectivity index (χ2n) is 11.1. The normalized spacial score (nSPS) is 17.8. The smallest absolute Gasteiger partial charge is 0.272 e. The van der Waals surface area contributed by atoms with Crippen molar-refractivity contribution < 1.29 is 35.2 Å². The summed E-state index contributed by atoms with van der Waals surface area (Å²) in [6, 6.07) is 8.32. The summed E-state index contributed by atoms with van der Waals surface area (Å²) in [6.07, 6.45) is 6.50. The first-order chi connectivity index (χ1) is 21.5. The SMILES string of the molecule is O=C(C1CCN1S(=O)(=O)c1c(F)c(F)c(F)c(F)c1F)N(Cc1cccc(C2CCCCC2)n1)c1ccc2c(=O)[nH]ncc2c1.